The van der Waals surface area contributed by atoms with Crippen molar-refractivity contribution in [2.75, 3.05) is 13.7 Å². The fourth-order valence-electron chi connectivity index (χ4n) is 2.69. The molecule has 1 heterocycles. The first-order valence-corrected chi connectivity index (χ1v) is 11.0. The number of halogens is 1. The van der Waals surface area contributed by atoms with Crippen LogP contribution >= 0.6 is 39.9 Å². The second kappa shape index (κ2) is 9.63. The number of hydrazine groups is 1. The third kappa shape index (κ3) is 4.85. The predicted molar refractivity (Wildman–Crippen MR) is 126 cm³/mol. The van der Waals surface area contributed by atoms with Crippen LogP contribution in [-0.2, 0) is 4.79 Å². The number of aryl methyl sites for hydroxylation is 1. The molecule has 3 rings (SSSR count). The number of nitrogens with zero attached hydrogens (tertiary/aromatic N) is 1. The van der Waals surface area contributed by atoms with Crippen molar-refractivity contribution in [1.82, 2.24) is 10.4 Å². The number of benzene rings is 2. The van der Waals surface area contributed by atoms with Crippen molar-refractivity contribution in [2.24, 2.45) is 0 Å². The zero-order chi connectivity index (χ0) is 21.8. The van der Waals surface area contributed by atoms with Crippen LogP contribution < -0.4 is 14.9 Å². The second-order valence-corrected chi connectivity index (χ2v) is 8.82. The summed E-state index contributed by atoms with van der Waals surface area (Å²) in [5, 5.41) is 1.09. The smallest absolute Gasteiger partial charge is 0.285 e. The molecule has 0 aromatic heterocycles. The number of thioether (sulfide) groups is 1. The summed E-state index contributed by atoms with van der Waals surface area (Å²) < 4.78 is 11.9. The van der Waals surface area contributed by atoms with Gasteiger partial charge in [0, 0.05) is 5.56 Å². The van der Waals surface area contributed by atoms with Crippen molar-refractivity contribution in [3.05, 3.63) is 62.5 Å². The van der Waals surface area contributed by atoms with E-state index in [1.54, 1.807) is 31.4 Å². The molecule has 0 unspecified atom stereocenters. The standard InChI is InChI=1S/C21H19BrN2O4S2/c1-4-28-18-15(22)9-13(10-16(18)27-3)11-17-20(26)24(21(29)30-17)23-19(25)14-7-5-12(2)6-8-14/h5-11H,4H2,1-3H3,(H,23,25)/b17-11-. The number of carbonyl (C=O) groups excluding carboxylic acids is 2. The summed E-state index contributed by atoms with van der Waals surface area (Å²) in [6.07, 6.45) is 1.69. The van der Waals surface area contributed by atoms with Gasteiger partial charge in [-0.2, -0.15) is 5.01 Å². The third-order valence-electron chi connectivity index (χ3n) is 4.16. The Bertz CT molecular complexity index is 1040. The van der Waals surface area contributed by atoms with Gasteiger partial charge in [0.15, 0.2) is 15.8 Å². The van der Waals surface area contributed by atoms with Gasteiger partial charge in [-0.25, -0.2) is 0 Å². The van der Waals surface area contributed by atoms with E-state index in [1.807, 2.05) is 32.0 Å². The number of ether oxygens (including phenoxy) is 2. The van der Waals surface area contributed by atoms with Crippen molar-refractivity contribution < 1.29 is 19.1 Å². The summed E-state index contributed by atoms with van der Waals surface area (Å²) in [6.45, 7) is 4.31. The summed E-state index contributed by atoms with van der Waals surface area (Å²) in [4.78, 5) is 25.7. The molecule has 2 aromatic rings. The van der Waals surface area contributed by atoms with Gasteiger partial charge >= 0.3 is 0 Å². The quantitative estimate of drug-likeness (QED) is 0.451. The van der Waals surface area contributed by atoms with Crippen molar-refractivity contribution in [3.8, 4) is 11.5 Å². The van der Waals surface area contributed by atoms with Gasteiger partial charge in [-0.15, -0.1) is 0 Å². The minimum absolute atomic E-state index is 0.253. The van der Waals surface area contributed by atoms with Crippen molar-refractivity contribution in [3.63, 3.8) is 0 Å². The fourth-order valence-corrected chi connectivity index (χ4v) is 4.45. The highest BCUT2D eigenvalue weighted by molar-refractivity contribution is 9.10. The minimum Gasteiger partial charge on any atom is -0.493 e. The lowest BCUT2D eigenvalue weighted by atomic mass is 10.1. The van der Waals surface area contributed by atoms with Crippen LogP contribution in [0.4, 0.5) is 0 Å². The molecule has 156 valence electrons. The molecule has 0 spiro atoms. The summed E-state index contributed by atoms with van der Waals surface area (Å²) in [6, 6.07) is 10.6. The van der Waals surface area contributed by atoms with Gasteiger partial charge in [-0.1, -0.05) is 29.5 Å². The molecular formula is C21H19BrN2O4S2. The zero-order valence-electron chi connectivity index (χ0n) is 16.5. The highest BCUT2D eigenvalue weighted by Gasteiger charge is 2.34. The topological polar surface area (TPSA) is 67.9 Å². The number of hydrogen-bond acceptors (Lipinski definition) is 6. The van der Waals surface area contributed by atoms with Gasteiger partial charge in [0.25, 0.3) is 11.8 Å². The molecule has 0 radical (unpaired) electrons. The van der Waals surface area contributed by atoms with E-state index in [9.17, 15) is 9.59 Å². The first kappa shape index (κ1) is 22.3. The number of rotatable bonds is 6. The number of hydrogen-bond donors (Lipinski definition) is 1. The van der Waals surface area contributed by atoms with Crippen LogP contribution in [0.1, 0.15) is 28.4 Å². The van der Waals surface area contributed by atoms with E-state index in [4.69, 9.17) is 21.7 Å². The van der Waals surface area contributed by atoms with Crippen LogP contribution in [0.3, 0.4) is 0 Å². The summed E-state index contributed by atoms with van der Waals surface area (Å²) in [7, 11) is 1.55. The fraction of sp³-hybridized carbons (Fsp3) is 0.190. The Morgan fingerprint density at radius 3 is 2.63 bits per heavy atom. The zero-order valence-corrected chi connectivity index (χ0v) is 19.7. The molecule has 9 heteroatoms. The van der Waals surface area contributed by atoms with E-state index in [0.717, 1.165) is 27.9 Å². The average molecular weight is 507 g/mol. The molecule has 6 nitrogen and oxygen atoms in total. The van der Waals surface area contributed by atoms with Gasteiger partial charge in [0.2, 0.25) is 0 Å². The Morgan fingerprint density at radius 1 is 1.30 bits per heavy atom. The highest BCUT2D eigenvalue weighted by Crippen LogP contribution is 2.39. The van der Waals surface area contributed by atoms with Gasteiger partial charge < -0.3 is 9.47 Å². The van der Waals surface area contributed by atoms with Gasteiger partial charge in [0.1, 0.15) is 0 Å². The van der Waals surface area contributed by atoms with Crippen LogP contribution in [0.15, 0.2) is 45.8 Å². The molecule has 0 saturated carbocycles. The Morgan fingerprint density at radius 2 is 2.00 bits per heavy atom. The first-order chi connectivity index (χ1) is 14.3. The number of amides is 2. The normalized spacial score (nSPS) is 14.9. The Kier molecular flexibility index (Phi) is 7.17. The molecular weight excluding hydrogens is 488 g/mol. The third-order valence-corrected chi connectivity index (χ3v) is 6.05. The largest absolute Gasteiger partial charge is 0.493 e. The van der Waals surface area contributed by atoms with E-state index in [0.29, 0.717) is 33.0 Å². The molecule has 0 bridgehead atoms. The molecule has 1 aliphatic rings. The maximum absolute atomic E-state index is 12.8. The lowest BCUT2D eigenvalue weighted by Crippen LogP contribution is -2.44. The first-order valence-electron chi connectivity index (χ1n) is 9.00. The van der Waals surface area contributed by atoms with E-state index in [2.05, 4.69) is 21.4 Å². The molecule has 0 atom stereocenters. The highest BCUT2D eigenvalue weighted by atomic mass is 79.9. The molecule has 1 aliphatic heterocycles. The van der Waals surface area contributed by atoms with Gasteiger partial charge in [-0.3, -0.25) is 15.0 Å². The van der Waals surface area contributed by atoms with E-state index >= 15 is 0 Å². The summed E-state index contributed by atoms with van der Waals surface area (Å²) >= 11 is 9.88. The minimum atomic E-state index is -0.405. The Labute approximate surface area is 192 Å². The number of thiocarbonyl (C=S) groups is 1. The number of nitrogens with one attached hydrogen (secondary N) is 1. The maximum Gasteiger partial charge on any atom is 0.285 e. The molecule has 2 aromatic carbocycles. The van der Waals surface area contributed by atoms with Crippen LogP contribution in [0.25, 0.3) is 6.08 Å². The molecule has 2 amide bonds. The molecule has 0 aliphatic carbocycles. The van der Waals surface area contributed by atoms with Gasteiger partial charge in [-0.05, 0) is 77.9 Å². The summed E-state index contributed by atoms with van der Waals surface area (Å²) in [5.41, 5.74) is 4.79. The lowest BCUT2D eigenvalue weighted by Gasteiger charge is -2.15. The SMILES string of the molecule is CCOc1c(Br)cc(/C=C2\SC(=S)N(NC(=O)c3ccc(C)cc3)C2=O)cc1OC. The Balaban J connectivity index is 1.82. The predicted octanol–water partition coefficient (Wildman–Crippen LogP) is 4.71. The average Bonchev–Trinajstić information content (AvgIpc) is 2.97. The monoisotopic (exact) mass is 506 g/mol. The van der Waals surface area contributed by atoms with Crippen LogP contribution in [0.2, 0.25) is 0 Å². The van der Waals surface area contributed by atoms with Crippen molar-refractivity contribution >= 4 is 62.1 Å². The Hall–Kier alpha value is -2.36. The number of methoxy groups -OCH3 is 1. The van der Waals surface area contributed by atoms with E-state index in [1.165, 1.54) is 0 Å². The second-order valence-electron chi connectivity index (χ2n) is 6.29. The van der Waals surface area contributed by atoms with Crippen LogP contribution in [0, 0.1) is 6.92 Å². The number of carbonyl (C=O) groups is 2. The molecule has 1 saturated heterocycles. The van der Waals surface area contributed by atoms with Crippen molar-refractivity contribution in [1.29, 1.82) is 0 Å². The maximum atomic E-state index is 12.8. The molecule has 1 fully saturated rings. The lowest BCUT2D eigenvalue weighted by molar-refractivity contribution is -0.123. The van der Waals surface area contributed by atoms with Crippen molar-refractivity contribution in [2.45, 2.75) is 13.8 Å². The van der Waals surface area contributed by atoms with E-state index in [-0.39, 0.29) is 4.32 Å². The summed E-state index contributed by atoms with van der Waals surface area (Å²) in [5.74, 6) is 0.336. The molecule has 1 N–H and O–H groups in total. The van der Waals surface area contributed by atoms with E-state index < -0.39 is 11.8 Å². The van der Waals surface area contributed by atoms with Gasteiger partial charge in [0.05, 0.1) is 23.1 Å². The van der Waals surface area contributed by atoms with Crippen LogP contribution in [-0.4, -0.2) is 34.9 Å². The van der Waals surface area contributed by atoms with Crippen LogP contribution in [0.5, 0.6) is 11.5 Å². The molecule has 30 heavy (non-hydrogen) atoms.